The number of aromatic nitrogens is 4. The molecule has 0 aliphatic rings. The lowest BCUT2D eigenvalue weighted by molar-refractivity contribution is 0.0958. The van der Waals surface area contributed by atoms with Crippen molar-refractivity contribution >= 4 is 23.1 Å². The number of anilines is 3. The number of nitrogens with one attached hydrogen (secondary N) is 5. The van der Waals surface area contributed by atoms with Crippen LogP contribution in [-0.4, -0.2) is 47.3 Å². The third-order valence-corrected chi connectivity index (χ3v) is 4.24. The number of hydrogen-bond donors (Lipinski definition) is 5. The summed E-state index contributed by atoms with van der Waals surface area (Å²) in [5, 5.41) is 22.5. The minimum atomic E-state index is -0.559. The fraction of sp³-hybridized carbons (Fsp3) is 0.150. The van der Waals surface area contributed by atoms with E-state index in [1.54, 1.807) is 25.2 Å². The molecule has 0 atom stereocenters. The number of amides is 1. The molecule has 0 fully saturated rings. The maximum atomic E-state index is 13.3. The van der Waals surface area contributed by atoms with Crippen LogP contribution >= 0.6 is 0 Å². The maximum Gasteiger partial charge on any atom is 0.273 e. The molecule has 2 heterocycles. The molecule has 12 nitrogen and oxygen atoms in total. The first-order chi connectivity index (χ1) is 16.0. The van der Waals surface area contributed by atoms with Gasteiger partial charge in [0.1, 0.15) is 0 Å². The van der Waals surface area contributed by atoms with Crippen molar-refractivity contribution in [3.63, 3.8) is 0 Å². The van der Waals surface area contributed by atoms with E-state index in [9.17, 15) is 9.18 Å². The number of carbonyl (C=O) groups excluding carboxylic acids is 1. The first-order valence-corrected chi connectivity index (χ1v) is 9.54. The lowest BCUT2D eigenvalue weighted by Crippen LogP contribution is -2.21. The fourth-order valence-corrected chi connectivity index (χ4v) is 2.83. The average molecular weight is 452 g/mol. The predicted molar refractivity (Wildman–Crippen MR) is 119 cm³/mol. The number of methoxy groups -OCH3 is 1. The molecule has 0 bridgehead atoms. The molecule has 5 N–H and O–H groups in total. The smallest absolute Gasteiger partial charge is 0.273 e. The summed E-state index contributed by atoms with van der Waals surface area (Å²) < 4.78 is 18.8. The minimum absolute atomic E-state index is 0.0236. The van der Waals surface area contributed by atoms with E-state index in [1.165, 1.54) is 26.4 Å². The van der Waals surface area contributed by atoms with Crippen LogP contribution in [0.4, 0.5) is 21.6 Å². The standard InChI is InChI=1S/C20H21FN10O2/c1-23-10-16(29-22)28-15-7-14(17(31-30-15)20(32)24-2)27-13-6-4-5-12(18(13)33-3)19-25-8-11(21)9-26-19/h4-10,22-23H,1-3H3,(H,24,32)(H2,27,28,30)/b16-10-,29-22?. The lowest BCUT2D eigenvalue weighted by atomic mass is 10.1. The summed E-state index contributed by atoms with van der Waals surface area (Å²) >= 11 is 0. The van der Waals surface area contributed by atoms with E-state index >= 15 is 0 Å². The second-order valence-electron chi connectivity index (χ2n) is 6.36. The fourth-order valence-electron chi connectivity index (χ4n) is 2.83. The van der Waals surface area contributed by atoms with Crippen LogP contribution in [0.25, 0.3) is 11.4 Å². The molecule has 0 aliphatic heterocycles. The third-order valence-electron chi connectivity index (χ3n) is 4.24. The second-order valence-corrected chi connectivity index (χ2v) is 6.36. The lowest BCUT2D eigenvalue weighted by Gasteiger charge is -2.16. The molecule has 13 heteroatoms. The molecule has 0 aliphatic carbocycles. The molecule has 2 aromatic heterocycles. The van der Waals surface area contributed by atoms with E-state index in [1.807, 2.05) is 0 Å². The zero-order chi connectivity index (χ0) is 23.8. The predicted octanol–water partition coefficient (Wildman–Crippen LogP) is 2.65. The van der Waals surface area contributed by atoms with Crippen LogP contribution in [-0.2, 0) is 0 Å². The summed E-state index contributed by atoms with van der Waals surface area (Å²) in [6.07, 6.45) is 3.58. The molecule has 1 aromatic carbocycles. The molecule has 1 amide bonds. The Labute approximate surface area is 188 Å². The largest absolute Gasteiger partial charge is 0.494 e. The SMILES string of the molecule is CN/C=C(\N=N)Nc1cc(Nc2cccc(-c3ncc(F)cn3)c2OC)c(C(=O)NC)nn1. The topological polar surface area (TPSA) is 162 Å². The van der Waals surface area contributed by atoms with Crippen molar-refractivity contribution in [1.82, 2.24) is 30.8 Å². The summed E-state index contributed by atoms with van der Waals surface area (Å²) in [7, 11) is 4.60. The minimum Gasteiger partial charge on any atom is -0.494 e. The Balaban J connectivity index is 2.05. The first kappa shape index (κ1) is 23.0. The summed E-state index contributed by atoms with van der Waals surface area (Å²) in [5.74, 6) is 0.0202. The summed E-state index contributed by atoms with van der Waals surface area (Å²) in [6.45, 7) is 0. The van der Waals surface area contributed by atoms with Crippen LogP contribution in [0.15, 0.2) is 53.8 Å². The number of halogens is 1. The van der Waals surface area contributed by atoms with Gasteiger partial charge >= 0.3 is 0 Å². The molecule has 33 heavy (non-hydrogen) atoms. The highest BCUT2D eigenvalue weighted by molar-refractivity contribution is 5.98. The van der Waals surface area contributed by atoms with Crippen molar-refractivity contribution in [1.29, 1.82) is 5.53 Å². The Bertz CT molecular complexity index is 1180. The van der Waals surface area contributed by atoms with Crippen LogP contribution in [0.1, 0.15) is 10.5 Å². The maximum absolute atomic E-state index is 13.3. The Hall–Kier alpha value is -4.68. The van der Waals surface area contributed by atoms with Crippen LogP contribution in [0.5, 0.6) is 5.75 Å². The van der Waals surface area contributed by atoms with E-state index in [-0.39, 0.29) is 23.2 Å². The normalized spacial score (nSPS) is 10.8. The first-order valence-electron chi connectivity index (χ1n) is 9.54. The Morgan fingerprint density at radius 1 is 1.18 bits per heavy atom. The van der Waals surface area contributed by atoms with Gasteiger partial charge in [0.15, 0.2) is 34.7 Å². The summed E-state index contributed by atoms with van der Waals surface area (Å²) in [4.78, 5) is 20.4. The van der Waals surface area contributed by atoms with Crippen molar-refractivity contribution in [3.05, 3.63) is 60.2 Å². The van der Waals surface area contributed by atoms with Gasteiger partial charge in [-0.15, -0.1) is 15.3 Å². The van der Waals surface area contributed by atoms with Gasteiger partial charge in [-0.05, 0) is 12.1 Å². The Morgan fingerprint density at radius 3 is 2.58 bits per heavy atom. The molecule has 0 saturated carbocycles. The molecular formula is C20H21FN10O2. The van der Waals surface area contributed by atoms with Crippen molar-refractivity contribution in [2.75, 3.05) is 31.8 Å². The molecule has 170 valence electrons. The van der Waals surface area contributed by atoms with E-state index in [4.69, 9.17) is 10.3 Å². The van der Waals surface area contributed by atoms with Crippen LogP contribution in [0.3, 0.4) is 0 Å². The number of rotatable bonds is 9. The van der Waals surface area contributed by atoms with Gasteiger partial charge < -0.3 is 26.0 Å². The molecule has 0 unspecified atom stereocenters. The quantitative estimate of drug-likeness (QED) is 0.307. The van der Waals surface area contributed by atoms with Gasteiger partial charge in [0.25, 0.3) is 5.91 Å². The zero-order valence-corrected chi connectivity index (χ0v) is 18.0. The number of para-hydroxylation sites is 1. The number of nitrogens with zero attached hydrogens (tertiary/aromatic N) is 5. The number of benzene rings is 1. The highest BCUT2D eigenvalue weighted by Crippen LogP contribution is 2.37. The molecular weight excluding hydrogens is 431 g/mol. The van der Waals surface area contributed by atoms with Crippen LogP contribution < -0.4 is 26.0 Å². The monoisotopic (exact) mass is 452 g/mol. The Kier molecular flexibility index (Phi) is 7.36. The van der Waals surface area contributed by atoms with Gasteiger partial charge in [0.2, 0.25) is 0 Å². The van der Waals surface area contributed by atoms with E-state index in [2.05, 4.69) is 46.5 Å². The van der Waals surface area contributed by atoms with Gasteiger partial charge in [-0.1, -0.05) is 6.07 Å². The third kappa shape index (κ3) is 5.33. The van der Waals surface area contributed by atoms with Crippen molar-refractivity contribution < 1.29 is 13.9 Å². The van der Waals surface area contributed by atoms with Gasteiger partial charge in [-0.25, -0.2) is 19.9 Å². The molecule has 0 saturated heterocycles. The number of ether oxygens (including phenoxy) is 1. The van der Waals surface area contributed by atoms with Gasteiger partial charge in [-0.2, -0.15) is 0 Å². The average Bonchev–Trinajstić information content (AvgIpc) is 2.84. The van der Waals surface area contributed by atoms with E-state index in [0.29, 0.717) is 22.7 Å². The summed E-state index contributed by atoms with van der Waals surface area (Å²) in [5.41, 5.74) is 8.54. The van der Waals surface area contributed by atoms with Crippen molar-refractivity contribution in [3.8, 4) is 17.1 Å². The van der Waals surface area contributed by atoms with E-state index < -0.39 is 11.7 Å². The molecule has 3 aromatic rings. The highest BCUT2D eigenvalue weighted by atomic mass is 19.1. The zero-order valence-electron chi connectivity index (χ0n) is 18.0. The van der Waals surface area contributed by atoms with Crippen LogP contribution in [0.2, 0.25) is 0 Å². The van der Waals surface area contributed by atoms with E-state index in [0.717, 1.165) is 12.4 Å². The van der Waals surface area contributed by atoms with Gasteiger partial charge in [-0.3, -0.25) is 4.79 Å². The van der Waals surface area contributed by atoms with Gasteiger partial charge in [0.05, 0.1) is 36.4 Å². The summed E-state index contributed by atoms with van der Waals surface area (Å²) in [6, 6.07) is 6.71. The number of carbonyl (C=O) groups is 1. The highest BCUT2D eigenvalue weighted by Gasteiger charge is 2.19. The molecule has 0 spiro atoms. The Morgan fingerprint density at radius 2 is 1.94 bits per heavy atom. The van der Waals surface area contributed by atoms with Crippen LogP contribution in [0, 0.1) is 11.3 Å². The molecule has 3 rings (SSSR count). The second kappa shape index (κ2) is 10.6. The van der Waals surface area contributed by atoms with Gasteiger partial charge in [0, 0.05) is 26.4 Å². The number of hydrogen-bond acceptors (Lipinski definition) is 11. The molecule has 0 radical (unpaired) electrons. The van der Waals surface area contributed by atoms with Crippen molar-refractivity contribution in [2.24, 2.45) is 5.11 Å². The van der Waals surface area contributed by atoms with Crippen molar-refractivity contribution in [2.45, 2.75) is 0 Å².